The quantitative estimate of drug-likeness (QED) is 0.444. The number of aliphatic carboxylic acids is 1. The number of benzene rings is 1. The number of ether oxygens (including phenoxy) is 1. The molecule has 1 aliphatic carbocycles. The number of nitrogen functional groups attached to an aromatic ring is 1. The molecular formula is C23H27F3N4O6. The van der Waals surface area contributed by atoms with Gasteiger partial charge in [0, 0.05) is 38.3 Å². The molecule has 0 unspecified atom stereocenters. The van der Waals surface area contributed by atoms with Crippen molar-refractivity contribution in [3.63, 3.8) is 0 Å². The minimum atomic E-state index is -3.27. The molecule has 0 bridgehead atoms. The second kappa shape index (κ2) is 9.88. The van der Waals surface area contributed by atoms with E-state index in [9.17, 15) is 23.5 Å². The molecular weight excluding hydrogens is 485 g/mol. The smallest absolute Gasteiger partial charge is 0.387 e. The molecule has 0 radical (unpaired) electrons. The highest BCUT2D eigenvalue weighted by atomic mass is 19.3. The predicted molar refractivity (Wildman–Crippen MR) is 124 cm³/mol. The van der Waals surface area contributed by atoms with Crippen LogP contribution in [0.2, 0.25) is 0 Å². The van der Waals surface area contributed by atoms with Gasteiger partial charge in [-0.2, -0.15) is 8.78 Å². The second-order valence-electron chi connectivity index (χ2n) is 9.21. The van der Waals surface area contributed by atoms with Gasteiger partial charge in [0.05, 0.1) is 16.6 Å². The summed E-state index contributed by atoms with van der Waals surface area (Å²) in [4.78, 5) is 35.2. The monoisotopic (exact) mass is 512 g/mol. The number of alkyl halides is 2. The molecule has 10 nitrogen and oxygen atoms in total. The largest absolute Gasteiger partial charge is 0.481 e. The van der Waals surface area contributed by atoms with E-state index in [0.717, 1.165) is 32.5 Å². The highest BCUT2D eigenvalue weighted by molar-refractivity contribution is 6.03. The summed E-state index contributed by atoms with van der Waals surface area (Å²) < 4.78 is 48.9. The van der Waals surface area contributed by atoms with Gasteiger partial charge in [-0.05, 0) is 38.1 Å². The van der Waals surface area contributed by atoms with Crippen LogP contribution >= 0.6 is 0 Å². The van der Waals surface area contributed by atoms with Crippen molar-refractivity contribution in [3.8, 4) is 5.75 Å². The van der Waals surface area contributed by atoms with E-state index in [0.29, 0.717) is 25.9 Å². The molecule has 3 fully saturated rings. The van der Waals surface area contributed by atoms with Crippen molar-refractivity contribution in [2.75, 3.05) is 30.3 Å². The number of hydrogen-bond donors (Lipinski definition) is 4. The number of carboxylic acids is 2. The third-order valence-electron chi connectivity index (χ3n) is 6.67. The Morgan fingerprint density at radius 2 is 1.89 bits per heavy atom. The average molecular weight is 512 g/mol. The Hall–Kier alpha value is -3.48. The Balaban J connectivity index is 0.000000709. The summed E-state index contributed by atoms with van der Waals surface area (Å²) in [5.74, 6) is -3.63. The fourth-order valence-corrected chi connectivity index (χ4v) is 5.07. The third-order valence-corrected chi connectivity index (χ3v) is 6.67. The summed E-state index contributed by atoms with van der Waals surface area (Å²) in [5.41, 5.74) is 3.56. The summed E-state index contributed by atoms with van der Waals surface area (Å²) in [7, 11) is 0. The van der Waals surface area contributed by atoms with Gasteiger partial charge in [0.15, 0.2) is 11.6 Å². The van der Waals surface area contributed by atoms with Gasteiger partial charge in [-0.3, -0.25) is 9.59 Å². The molecule has 2 aliphatic heterocycles. The van der Waals surface area contributed by atoms with Crippen LogP contribution in [-0.2, 0) is 4.79 Å². The molecule has 5 rings (SSSR count). The summed E-state index contributed by atoms with van der Waals surface area (Å²) in [5, 5.41) is 19.8. The van der Waals surface area contributed by atoms with Crippen molar-refractivity contribution in [3.05, 3.63) is 27.8 Å². The lowest BCUT2D eigenvalue weighted by Gasteiger charge is -2.26. The summed E-state index contributed by atoms with van der Waals surface area (Å²) in [6, 6.07) is -0.128. The lowest BCUT2D eigenvalue weighted by Crippen LogP contribution is -2.40. The molecule has 3 aliphatic rings. The number of halogens is 3. The topological polar surface area (TPSA) is 147 Å². The standard InChI is InChI=1S/C21H23F3N4O4.C2H4O2/c22-14-15(25)13-16(28(10-3-4-10)7-11(18(13)29)20(30)31)19(32-21(23)24)17(14)27-6-9-2-1-5-26-12(9)8-27;1-2(3)4/h7,9-10,12,21,26H,1-6,8,25H2,(H,30,31);1H3,(H,3,4)/t9-,12+;/m1./s1. The Morgan fingerprint density at radius 1 is 1.22 bits per heavy atom. The van der Waals surface area contributed by atoms with Crippen LogP contribution in [0.1, 0.15) is 49.0 Å². The van der Waals surface area contributed by atoms with Crippen LogP contribution in [0.3, 0.4) is 0 Å². The van der Waals surface area contributed by atoms with Crippen LogP contribution in [-0.4, -0.2) is 59.0 Å². The van der Waals surface area contributed by atoms with Gasteiger partial charge >= 0.3 is 12.6 Å². The number of anilines is 2. The Morgan fingerprint density at radius 3 is 2.44 bits per heavy atom. The number of carbonyl (C=O) groups is 2. The maximum absolute atomic E-state index is 15.6. The van der Waals surface area contributed by atoms with Crippen molar-refractivity contribution in [2.45, 2.75) is 51.3 Å². The van der Waals surface area contributed by atoms with Crippen molar-refractivity contribution >= 4 is 34.2 Å². The SMILES string of the molecule is CC(=O)O.Nc1c(F)c(N2C[C@H]3CCCN[C@H]3C2)c(OC(F)F)c2c1c(=O)c(C(=O)O)cn2C1CC1. The molecule has 36 heavy (non-hydrogen) atoms. The first-order valence-electron chi connectivity index (χ1n) is 11.6. The average Bonchev–Trinajstić information content (AvgIpc) is 3.54. The van der Waals surface area contributed by atoms with Gasteiger partial charge in [-0.25, -0.2) is 9.18 Å². The van der Waals surface area contributed by atoms with Crippen LogP contribution in [0.15, 0.2) is 11.0 Å². The third kappa shape index (κ3) is 4.79. The van der Waals surface area contributed by atoms with E-state index in [2.05, 4.69) is 5.32 Å². The van der Waals surface area contributed by atoms with Crippen molar-refractivity contribution < 1.29 is 37.7 Å². The zero-order valence-electron chi connectivity index (χ0n) is 19.5. The van der Waals surface area contributed by atoms with Crippen LogP contribution in [0.5, 0.6) is 5.75 Å². The molecule has 2 atom stereocenters. The maximum Gasteiger partial charge on any atom is 0.387 e. The van der Waals surface area contributed by atoms with Gasteiger partial charge in [-0.15, -0.1) is 0 Å². The molecule has 196 valence electrons. The van der Waals surface area contributed by atoms with Gasteiger partial charge in [-0.1, -0.05) is 0 Å². The number of nitrogens with one attached hydrogen (secondary N) is 1. The highest BCUT2D eigenvalue weighted by Gasteiger charge is 2.39. The van der Waals surface area contributed by atoms with Crippen LogP contribution in [0.4, 0.5) is 24.5 Å². The van der Waals surface area contributed by atoms with E-state index < -0.39 is 52.2 Å². The lowest BCUT2D eigenvalue weighted by molar-refractivity contribution is -0.134. The fraction of sp³-hybridized carbons (Fsp3) is 0.522. The fourth-order valence-electron chi connectivity index (χ4n) is 5.07. The maximum atomic E-state index is 15.6. The number of carboxylic acid groups (broad SMARTS) is 2. The summed E-state index contributed by atoms with van der Waals surface area (Å²) >= 11 is 0. The minimum absolute atomic E-state index is 0.0829. The van der Waals surface area contributed by atoms with E-state index >= 15 is 4.39 Å². The second-order valence-corrected chi connectivity index (χ2v) is 9.21. The van der Waals surface area contributed by atoms with Crippen molar-refractivity contribution in [2.24, 2.45) is 5.92 Å². The molecule has 13 heteroatoms. The van der Waals surface area contributed by atoms with Gasteiger partial charge < -0.3 is 35.5 Å². The zero-order valence-corrected chi connectivity index (χ0v) is 19.5. The first kappa shape index (κ1) is 25.6. The minimum Gasteiger partial charge on any atom is -0.481 e. The van der Waals surface area contributed by atoms with E-state index in [4.69, 9.17) is 20.4 Å². The molecule has 1 aromatic carbocycles. The zero-order chi connectivity index (χ0) is 26.3. The van der Waals surface area contributed by atoms with Gasteiger partial charge in [0.25, 0.3) is 5.97 Å². The van der Waals surface area contributed by atoms with E-state index in [1.54, 1.807) is 4.90 Å². The molecule has 2 aromatic rings. The molecule has 5 N–H and O–H groups in total. The van der Waals surface area contributed by atoms with Crippen molar-refractivity contribution in [1.29, 1.82) is 0 Å². The molecule has 0 spiro atoms. The summed E-state index contributed by atoms with van der Waals surface area (Å²) in [6.45, 7) is -0.547. The van der Waals surface area contributed by atoms with Crippen LogP contribution in [0, 0.1) is 11.7 Å². The van der Waals surface area contributed by atoms with Gasteiger partial charge in [0.1, 0.15) is 11.3 Å². The number of aromatic nitrogens is 1. The molecule has 1 aromatic heterocycles. The van der Waals surface area contributed by atoms with E-state index in [1.165, 1.54) is 4.57 Å². The molecule has 2 saturated heterocycles. The number of nitrogens with two attached hydrogens (primary N) is 1. The molecule has 1 saturated carbocycles. The number of nitrogens with zero attached hydrogens (tertiary/aromatic N) is 2. The van der Waals surface area contributed by atoms with Crippen molar-refractivity contribution in [1.82, 2.24) is 9.88 Å². The molecule has 0 amide bonds. The predicted octanol–water partition coefficient (Wildman–Crippen LogP) is 2.64. The molecule has 3 heterocycles. The normalized spacial score (nSPS) is 21.2. The number of fused-ring (bicyclic) bond motifs is 2. The van der Waals surface area contributed by atoms with Crippen LogP contribution in [0.25, 0.3) is 10.9 Å². The summed E-state index contributed by atoms with van der Waals surface area (Å²) in [6.07, 6.45) is 4.34. The Kier molecular flexibility index (Phi) is 7.03. The van der Waals surface area contributed by atoms with E-state index in [-0.39, 0.29) is 29.2 Å². The van der Waals surface area contributed by atoms with Crippen LogP contribution < -0.4 is 26.1 Å². The Labute approximate surface area is 203 Å². The number of rotatable bonds is 5. The van der Waals surface area contributed by atoms with Gasteiger partial charge in [0.2, 0.25) is 5.43 Å². The highest BCUT2D eigenvalue weighted by Crippen LogP contribution is 2.47. The first-order chi connectivity index (χ1) is 17.0. The number of pyridine rings is 1. The number of aromatic carboxylic acids is 1. The first-order valence-corrected chi connectivity index (χ1v) is 11.6. The lowest BCUT2D eigenvalue weighted by atomic mass is 9.94. The number of hydrogen-bond acceptors (Lipinski definition) is 7. The van der Waals surface area contributed by atoms with E-state index in [1.807, 2.05) is 0 Å². The Bertz CT molecular complexity index is 1250. The number of piperidine rings is 1.